The molecular formula is C10H23NO4S. The first-order valence-electron chi connectivity index (χ1n) is 5.49. The van der Waals surface area contributed by atoms with E-state index in [2.05, 4.69) is 0 Å². The van der Waals surface area contributed by atoms with Gasteiger partial charge in [0.15, 0.2) is 0 Å². The number of hydrogen-bond donors (Lipinski definition) is 1. The molecule has 0 heterocycles. The molecule has 1 N–H and O–H groups in total. The summed E-state index contributed by atoms with van der Waals surface area (Å²) >= 11 is 0. The van der Waals surface area contributed by atoms with E-state index in [9.17, 15) is 8.42 Å². The smallest absolute Gasteiger partial charge is 0.216 e. The molecule has 0 bridgehead atoms. The molecular weight excluding hydrogens is 230 g/mol. The average Bonchev–Trinajstić information content (AvgIpc) is 2.12. The fourth-order valence-electron chi connectivity index (χ4n) is 1.05. The van der Waals surface area contributed by atoms with Crippen LogP contribution in [0.15, 0.2) is 0 Å². The van der Waals surface area contributed by atoms with E-state index in [4.69, 9.17) is 9.84 Å². The first-order chi connectivity index (χ1) is 7.25. The lowest BCUT2D eigenvalue weighted by Gasteiger charge is -2.18. The van der Waals surface area contributed by atoms with E-state index in [0.29, 0.717) is 13.0 Å². The van der Waals surface area contributed by atoms with Crippen molar-refractivity contribution in [3.05, 3.63) is 0 Å². The number of aliphatic hydroxyl groups is 1. The monoisotopic (exact) mass is 253 g/mol. The highest BCUT2D eigenvalue weighted by molar-refractivity contribution is 7.89. The second-order valence-corrected chi connectivity index (χ2v) is 6.39. The van der Waals surface area contributed by atoms with Gasteiger partial charge >= 0.3 is 0 Å². The molecule has 0 fully saturated rings. The summed E-state index contributed by atoms with van der Waals surface area (Å²) in [5, 5.41) is 9.07. The topological polar surface area (TPSA) is 66.8 Å². The first-order valence-corrected chi connectivity index (χ1v) is 7.10. The van der Waals surface area contributed by atoms with Gasteiger partial charge in [0, 0.05) is 13.6 Å². The minimum Gasteiger partial charge on any atom is -0.393 e. The molecule has 16 heavy (non-hydrogen) atoms. The Balaban J connectivity index is 4.01. The second kappa shape index (κ2) is 7.21. The van der Waals surface area contributed by atoms with Crippen molar-refractivity contribution in [3.8, 4) is 0 Å². The lowest BCUT2D eigenvalue weighted by atomic mass is 10.3. The van der Waals surface area contributed by atoms with Gasteiger partial charge in [0.2, 0.25) is 10.0 Å². The minimum absolute atomic E-state index is 0.0124. The number of aliphatic hydroxyl groups excluding tert-OH is 1. The number of nitrogens with zero attached hydrogens (tertiary/aromatic N) is 1. The van der Waals surface area contributed by atoms with E-state index in [0.717, 1.165) is 0 Å². The summed E-state index contributed by atoms with van der Waals surface area (Å²) in [7, 11) is -1.73. The predicted octanol–water partition coefficient (Wildman–Crippen LogP) is 0.444. The zero-order valence-electron chi connectivity index (χ0n) is 10.5. The highest BCUT2D eigenvalue weighted by Crippen LogP contribution is 2.02. The standard InChI is InChI=1S/C10H23NO4S/c1-9(2)15-7-8-16(13,14)11(4)6-5-10(3)12/h9-10,12H,5-8H2,1-4H3. The van der Waals surface area contributed by atoms with Crippen molar-refractivity contribution < 1.29 is 18.3 Å². The molecule has 0 aromatic heterocycles. The summed E-state index contributed by atoms with van der Waals surface area (Å²) in [6.45, 7) is 5.91. The van der Waals surface area contributed by atoms with Gasteiger partial charge in [-0.25, -0.2) is 12.7 Å². The summed E-state index contributed by atoms with van der Waals surface area (Å²) in [5.74, 6) is -0.0124. The van der Waals surface area contributed by atoms with Gasteiger partial charge in [-0.3, -0.25) is 0 Å². The van der Waals surface area contributed by atoms with Crippen LogP contribution >= 0.6 is 0 Å². The van der Waals surface area contributed by atoms with Crippen molar-refractivity contribution in [2.75, 3.05) is 26.0 Å². The zero-order chi connectivity index (χ0) is 12.8. The van der Waals surface area contributed by atoms with Crippen LogP contribution in [-0.2, 0) is 14.8 Å². The molecule has 5 nitrogen and oxygen atoms in total. The Hall–Kier alpha value is -0.170. The Morgan fingerprint density at radius 2 is 1.88 bits per heavy atom. The van der Waals surface area contributed by atoms with Crippen LogP contribution in [0.2, 0.25) is 0 Å². The molecule has 98 valence electrons. The summed E-state index contributed by atoms with van der Waals surface area (Å²) in [4.78, 5) is 0. The molecule has 0 rings (SSSR count). The van der Waals surface area contributed by atoms with Crippen molar-refractivity contribution in [3.63, 3.8) is 0 Å². The Labute approximate surface area is 98.5 Å². The summed E-state index contributed by atoms with van der Waals surface area (Å²) in [5.41, 5.74) is 0. The van der Waals surface area contributed by atoms with E-state index in [-0.39, 0.29) is 18.5 Å². The van der Waals surface area contributed by atoms with Crippen LogP contribution in [0, 0.1) is 0 Å². The van der Waals surface area contributed by atoms with Gasteiger partial charge < -0.3 is 9.84 Å². The molecule has 1 atom stereocenters. The lowest BCUT2D eigenvalue weighted by Crippen LogP contribution is -2.33. The molecule has 0 aliphatic rings. The summed E-state index contributed by atoms with van der Waals surface area (Å²) in [6.07, 6.45) is 0.00311. The molecule has 0 radical (unpaired) electrons. The van der Waals surface area contributed by atoms with Crippen molar-refractivity contribution in [1.82, 2.24) is 4.31 Å². The van der Waals surface area contributed by atoms with Crippen LogP contribution in [-0.4, -0.2) is 56.0 Å². The second-order valence-electron chi connectivity index (χ2n) is 4.19. The van der Waals surface area contributed by atoms with Crippen molar-refractivity contribution in [1.29, 1.82) is 0 Å². The third-order valence-electron chi connectivity index (χ3n) is 2.13. The van der Waals surface area contributed by atoms with Gasteiger partial charge in [-0.1, -0.05) is 0 Å². The van der Waals surface area contributed by atoms with Crippen LogP contribution in [0.3, 0.4) is 0 Å². The van der Waals surface area contributed by atoms with Crippen molar-refractivity contribution >= 4 is 10.0 Å². The largest absolute Gasteiger partial charge is 0.393 e. The Bertz CT molecular complexity index is 275. The molecule has 0 aromatic rings. The normalized spacial score (nSPS) is 14.7. The van der Waals surface area contributed by atoms with E-state index >= 15 is 0 Å². The van der Waals surface area contributed by atoms with Crippen molar-refractivity contribution in [2.24, 2.45) is 0 Å². The van der Waals surface area contributed by atoms with Gasteiger partial charge in [0.1, 0.15) is 0 Å². The van der Waals surface area contributed by atoms with Gasteiger partial charge in [0.05, 0.1) is 24.6 Å². The zero-order valence-corrected chi connectivity index (χ0v) is 11.3. The highest BCUT2D eigenvalue weighted by atomic mass is 32.2. The Morgan fingerprint density at radius 1 is 1.31 bits per heavy atom. The van der Waals surface area contributed by atoms with Gasteiger partial charge in [-0.15, -0.1) is 0 Å². The molecule has 0 aromatic carbocycles. The van der Waals surface area contributed by atoms with E-state index in [1.165, 1.54) is 11.4 Å². The quantitative estimate of drug-likeness (QED) is 0.682. The van der Waals surface area contributed by atoms with E-state index in [1.54, 1.807) is 6.92 Å². The lowest BCUT2D eigenvalue weighted by molar-refractivity contribution is 0.0907. The maximum Gasteiger partial charge on any atom is 0.216 e. The number of ether oxygens (including phenoxy) is 1. The maximum absolute atomic E-state index is 11.7. The fraction of sp³-hybridized carbons (Fsp3) is 1.00. The highest BCUT2D eigenvalue weighted by Gasteiger charge is 2.17. The van der Waals surface area contributed by atoms with Crippen LogP contribution in [0.1, 0.15) is 27.2 Å². The van der Waals surface area contributed by atoms with E-state index < -0.39 is 16.1 Å². The Morgan fingerprint density at radius 3 is 2.31 bits per heavy atom. The fourth-order valence-corrected chi connectivity index (χ4v) is 2.05. The molecule has 0 saturated carbocycles. The third-order valence-corrected chi connectivity index (χ3v) is 3.94. The molecule has 0 aliphatic heterocycles. The Kier molecular flexibility index (Phi) is 7.14. The van der Waals surface area contributed by atoms with Crippen molar-refractivity contribution in [2.45, 2.75) is 39.4 Å². The predicted molar refractivity (Wildman–Crippen MR) is 63.8 cm³/mol. The molecule has 0 amide bonds. The molecule has 0 spiro atoms. The molecule has 1 unspecified atom stereocenters. The maximum atomic E-state index is 11.7. The number of hydrogen-bond acceptors (Lipinski definition) is 4. The first kappa shape index (κ1) is 15.8. The molecule has 0 aliphatic carbocycles. The minimum atomic E-state index is -3.25. The molecule has 0 saturated heterocycles. The molecule has 6 heteroatoms. The average molecular weight is 253 g/mol. The summed E-state index contributed by atoms with van der Waals surface area (Å²) < 4.78 is 29.8. The van der Waals surface area contributed by atoms with Crippen LogP contribution in [0.4, 0.5) is 0 Å². The number of sulfonamides is 1. The van der Waals surface area contributed by atoms with E-state index in [1.807, 2.05) is 13.8 Å². The van der Waals surface area contributed by atoms with Crippen LogP contribution < -0.4 is 0 Å². The SMILES string of the molecule is CC(O)CCN(C)S(=O)(=O)CCOC(C)C. The third kappa shape index (κ3) is 7.16. The van der Waals surface area contributed by atoms with Crippen LogP contribution in [0.5, 0.6) is 0 Å². The number of rotatable bonds is 8. The summed E-state index contributed by atoms with van der Waals surface area (Å²) in [6, 6.07) is 0. The van der Waals surface area contributed by atoms with Gasteiger partial charge in [-0.2, -0.15) is 0 Å². The van der Waals surface area contributed by atoms with Gasteiger partial charge in [0.25, 0.3) is 0 Å². The van der Waals surface area contributed by atoms with Crippen LogP contribution in [0.25, 0.3) is 0 Å². The van der Waals surface area contributed by atoms with Gasteiger partial charge in [-0.05, 0) is 27.2 Å².